The summed E-state index contributed by atoms with van der Waals surface area (Å²) in [6.07, 6.45) is -14.4. The number of amides is 1. The van der Waals surface area contributed by atoms with E-state index in [0.717, 1.165) is 20.8 Å². The van der Waals surface area contributed by atoms with Crippen LogP contribution in [-0.2, 0) is 66.5 Å². The Balaban J connectivity index is 1.76. The van der Waals surface area contributed by atoms with Gasteiger partial charge in [-0.15, -0.1) is 0 Å². The van der Waals surface area contributed by atoms with Gasteiger partial charge in [-0.1, -0.05) is 70.2 Å². The highest BCUT2D eigenvalue weighted by atomic mass is 35.6. The van der Waals surface area contributed by atoms with E-state index in [1.54, 1.807) is 30.3 Å². The van der Waals surface area contributed by atoms with Crippen molar-refractivity contribution in [3.63, 3.8) is 0 Å². The van der Waals surface area contributed by atoms with Gasteiger partial charge in [0.05, 0.1) is 39.6 Å². The molecule has 1 aromatic carbocycles. The van der Waals surface area contributed by atoms with E-state index in [1.807, 2.05) is 0 Å². The first-order chi connectivity index (χ1) is 26.6. The summed E-state index contributed by atoms with van der Waals surface area (Å²) >= 11 is 17.9. The Kier molecular flexibility index (Phi) is 17.2. The fraction of sp³-hybridized carbons (Fsp3) is 0.697. The molecule has 3 heterocycles. The molecule has 3 fully saturated rings. The van der Waals surface area contributed by atoms with Crippen molar-refractivity contribution in [2.75, 3.05) is 52.8 Å². The van der Waals surface area contributed by atoms with Crippen LogP contribution in [0.15, 0.2) is 35.4 Å². The molecule has 23 heteroatoms. The SMILES string of the molecule is CC(=O)OC[C@H]1O[C@@H]([C@]2(O)[C@@H]3OC(c4ccccc4)OC[C@H]3O[C@@H](OCCOCCOCCN=[N+]=[N-])[C@@H]2NC(=O)C(Cl)(Cl)Cl)[C@H](O)[C@@H](OC(C)=O)[C@H]1OC(C)=O. The van der Waals surface area contributed by atoms with Crippen LogP contribution in [0.25, 0.3) is 10.4 Å². The normalized spacial score (nSPS) is 31.6. The van der Waals surface area contributed by atoms with Crippen LogP contribution in [0.2, 0.25) is 0 Å². The summed E-state index contributed by atoms with van der Waals surface area (Å²) in [4.78, 5) is 52.6. The summed E-state index contributed by atoms with van der Waals surface area (Å²) in [5.41, 5.74) is 6.19. The summed E-state index contributed by atoms with van der Waals surface area (Å²) in [6, 6.07) is 6.74. The lowest BCUT2D eigenvalue weighted by Gasteiger charge is -2.58. The van der Waals surface area contributed by atoms with E-state index in [0.29, 0.717) is 5.56 Å². The van der Waals surface area contributed by atoms with Crippen molar-refractivity contribution in [3.8, 4) is 0 Å². The maximum atomic E-state index is 13.4. The molecule has 0 saturated carbocycles. The zero-order valence-corrected chi connectivity index (χ0v) is 32.7. The topological polar surface area (TPSA) is 262 Å². The number of hydrogen-bond donors (Lipinski definition) is 3. The van der Waals surface area contributed by atoms with Gasteiger partial charge in [0.1, 0.15) is 48.8 Å². The van der Waals surface area contributed by atoms with Gasteiger partial charge in [0.25, 0.3) is 9.70 Å². The Labute approximate surface area is 335 Å². The molecule has 1 aromatic rings. The van der Waals surface area contributed by atoms with Gasteiger partial charge in [-0.2, -0.15) is 0 Å². The van der Waals surface area contributed by atoms with Gasteiger partial charge < -0.3 is 62.9 Å². The van der Waals surface area contributed by atoms with Crippen molar-refractivity contribution in [2.45, 2.75) is 91.5 Å². The van der Waals surface area contributed by atoms with E-state index in [2.05, 4.69) is 15.3 Å². The number of nitrogens with zero attached hydrogens (tertiary/aromatic N) is 3. The Bertz CT molecular complexity index is 1540. The average molecular weight is 858 g/mol. The van der Waals surface area contributed by atoms with Gasteiger partial charge in [0.2, 0.25) is 0 Å². The van der Waals surface area contributed by atoms with Crippen molar-refractivity contribution in [2.24, 2.45) is 5.11 Å². The molecule has 1 amide bonds. The molecule has 20 nitrogen and oxygen atoms in total. The van der Waals surface area contributed by atoms with Gasteiger partial charge in [-0.25, -0.2) is 0 Å². The van der Waals surface area contributed by atoms with Crippen LogP contribution in [0.3, 0.4) is 0 Å². The summed E-state index contributed by atoms with van der Waals surface area (Å²) in [7, 11) is 0. The molecule has 0 radical (unpaired) electrons. The Hall–Kier alpha value is -3.08. The van der Waals surface area contributed by atoms with E-state index in [-0.39, 0.29) is 46.2 Å². The standard InChI is InChI=1S/C33H43Cl3N4O16/c1-17(41)50-15-21-24(52-18(2)42)25(53-19(3)43)23(44)28(54-21)32(46)26(39-31(45)33(34,35)36)30(49-14-13-48-12-11-47-10-9-38-40-37)55-22-16-51-29(56-27(22)32)20-7-5-4-6-8-20/h4-8,21-30,44,46H,9-16H2,1-3H3,(H,39,45)/t21-,22-,23-,24+,25-,26+,27-,28-,29?,30-,32-/m1/s1. The number of carbonyl (C=O) groups excluding carboxylic acids is 4. The van der Waals surface area contributed by atoms with E-state index in [9.17, 15) is 29.4 Å². The van der Waals surface area contributed by atoms with Gasteiger partial charge >= 0.3 is 17.9 Å². The maximum absolute atomic E-state index is 13.4. The molecule has 0 spiro atoms. The molecule has 11 atom stereocenters. The minimum absolute atomic E-state index is 0.0636. The van der Waals surface area contributed by atoms with E-state index < -0.39 is 101 Å². The molecule has 1 unspecified atom stereocenters. The molecule has 4 rings (SSSR count). The predicted molar refractivity (Wildman–Crippen MR) is 190 cm³/mol. The number of halogens is 3. The van der Waals surface area contributed by atoms with Crippen molar-refractivity contribution in [1.82, 2.24) is 5.32 Å². The van der Waals surface area contributed by atoms with Crippen LogP contribution >= 0.6 is 34.8 Å². The zero-order valence-electron chi connectivity index (χ0n) is 30.4. The molecule has 3 aliphatic heterocycles. The lowest BCUT2D eigenvalue weighted by Crippen LogP contribution is -2.81. The van der Waals surface area contributed by atoms with Crippen molar-refractivity contribution in [1.29, 1.82) is 0 Å². The number of aliphatic hydroxyl groups excluding tert-OH is 1. The number of esters is 3. The number of alkyl halides is 3. The number of carbonyl (C=O) groups is 4. The quantitative estimate of drug-likeness (QED) is 0.0380. The highest BCUT2D eigenvalue weighted by molar-refractivity contribution is 6.76. The summed E-state index contributed by atoms with van der Waals surface area (Å²) in [5, 5.41) is 31.1. The van der Waals surface area contributed by atoms with Crippen LogP contribution in [0, 0.1) is 0 Å². The van der Waals surface area contributed by atoms with Crippen LogP contribution < -0.4 is 5.32 Å². The third kappa shape index (κ3) is 12.0. The summed E-state index contributed by atoms with van der Waals surface area (Å²) < 4.78 is 55.1. The number of aliphatic hydroxyl groups is 2. The molecular weight excluding hydrogens is 815 g/mol. The van der Waals surface area contributed by atoms with Gasteiger partial charge in [-0.05, 0) is 5.53 Å². The molecule has 312 valence electrons. The molecule has 3 aliphatic rings. The first-order valence-electron chi connectivity index (χ1n) is 17.2. The van der Waals surface area contributed by atoms with Crippen LogP contribution in [0.4, 0.5) is 0 Å². The fourth-order valence-corrected chi connectivity index (χ4v) is 6.52. The molecule has 0 aliphatic carbocycles. The minimum atomic E-state index is -2.69. The Morgan fingerprint density at radius 3 is 2.20 bits per heavy atom. The number of nitrogens with one attached hydrogen (secondary N) is 1. The van der Waals surface area contributed by atoms with Crippen LogP contribution in [0.1, 0.15) is 32.6 Å². The number of azide groups is 1. The molecule has 0 bridgehead atoms. The second-order valence-electron chi connectivity index (χ2n) is 12.6. The molecule has 0 aromatic heterocycles. The Morgan fingerprint density at radius 2 is 1.57 bits per heavy atom. The smallest absolute Gasteiger partial charge is 0.303 e. The molecule has 56 heavy (non-hydrogen) atoms. The first-order valence-corrected chi connectivity index (χ1v) is 18.4. The van der Waals surface area contributed by atoms with Gasteiger partial charge in [0.15, 0.2) is 24.8 Å². The third-order valence-corrected chi connectivity index (χ3v) is 9.14. The second kappa shape index (κ2) is 21.1. The van der Waals surface area contributed by atoms with E-state index in [1.165, 1.54) is 0 Å². The molecule has 3 saturated heterocycles. The van der Waals surface area contributed by atoms with E-state index in [4.69, 9.17) is 87.7 Å². The minimum Gasteiger partial charge on any atom is -0.463 e. The number of benzene rings is 1. The lowest BCUT2D eigenvalue weighted by atomic mass is 9.73. The van der Waals surface area contributed by atoms with E-state index >= 15 is 0 Å². The van der Waals surface area contributed by atoms with Crippen LogP contribution in [0.5, 0.6) is 0 Å². The number of fused-ring (bicyclic) bond motifs is 1. The van der Waals surface area contributed by atoms with Crippen molar-refractivity contribution < 1.29 is 76.8 Å². The maximum Gasteiger partial charge on any atom is 0.303 e. The number of hydrogen-bond acceptors (Lipinski definition) is 17. The van der Waals surface area contributed by atoms with Crippen molar-refractivity contribution >= 4 is 58.6 Å². The summed E-state index contributed by atoms with van der Waals surface area (Å²) in [6.45, 7) is 2.62. The highest BCUT2D eigenvalue weighted by Crippen LogP contribution is 2.46. The van der Waals surface area contributed by atoms with Crippen LogP contribution in [-0.4, -0.2) is 151 Å². The third-order valence-electron chi connectivity index (χ3n) is 8.62. The lowest BCUT2D eigenvalue weighted by molar-refractivity contribution is -0.394. The highest BCUT2D eigenvalue weighted by Gasteiger charge is 2.68. The predicted octanol–water partition coefficient (Wildman–Crippen LogP) is 1.33. The summed E-state index contributed by atoms with van der Waals surface area (Å²) in [5.74, 6) is -3.84. The molecule has 3 N–H and O–H groups in total. The fourth-order valence-electron chi connectivity index (χ4n) is 6.36. The second-order valence-corrected chi connectivity index (χ2v) is 14.9. The monoisotopic (exact) mass is 856 g/mol. The largest absolute Gasteiger partial charge is 0.463 e. The van der Waals surface area contributed by atoms with Gasteiger partial charge in [-0.3, -0.25) is 19.2 Å². The number of rotatable bonds is 17. The number of ether oxygens (including phenoxy) is 10. The average Bonchev–Trinajstić information content (AvgIpc) is 3.14. The zero-order chi connectivity index (χ0) is 41.0. The first kappa shape index (κ1) is 45.6. The Morgan fingerprint density at radius 1 is 0.929 bits per heavy atom. The molecular formula is C33H43Cl3N4O16. The van der Waals surface area contributed by atoms with Crippen molar-refractivity contribution in [3.05, 3.63) is 46.3 Å². The van der Waals surface area contributed by atoms with Gasteiger partial charge in [0, 0.05) is 37.8 Å².